The Balaban J connectivity index is 3.15. The van der Waals surface area contributed by atoms with Gasteiger partial charge in [-0.25, -0.2) is 0 Å². The molecule has 0 atom stereocenters. The molecule has 4 heteroatoms. The van der Waals surface area contributed by atoms with E-state index in [4.69, 9.17) is 9.47 Å². The van der Waals surface area contributed by atoms with Crippen molar-refractivity contribution >= 4 is 5.97 Å². The average molecular weight is 231 g/mol. The van der Waals surface area contributed by atoms with Crippen LogP contribution in [0.5, 0.6) is 0 Å². The first kappa shape index (κ1) is 15.4. The fourth-order valence-corrected chi connectivity index (χ4v) is 1.04. The van der Waals surface area contributed by atoms with Crippen molar-refractivity contribution in [2.45, 2.75) is 33.6 Å². The van der Waals surface area contributed by atoms with Crippen molar-refractivity contribution in [1.29, 1.82) is 0 Å². The molecule has 0 aromatic rings. The second-order valence-electron chi connectivity index (χ2n) is 4.22. The summed E-state index contributed by atoms with van der Waals surface area (Å²) in [5.74, 6) is 0.372. The molecule has 96 valence electrons. The van der Waals surface area contributed by atoms with Crippen LogP contribution in [0.3, 0.4) is 0 Å². The molecule has 16 heavy (non-hydrogen) atoms. The lowest BCUT2D eigenvalue weighted by Crippen LogP contribution is -2.28. The molecule has 0 aliphatic heterocycles. The minimum Gasteiger partial charge on any atom is -0.465 e. The van der Waals surface area contributed by atoms with Gasteiger partial charge in [0.1, 0.15) is 0 Å². The van der Waals surface area contributed by atoms with Crippen molar-refractivity contribution in [3.63, 3.8) is 0 Å². The lowest BCUT2D eigenvalue weighted by Gasteiger charge is -2.08. The molecule has 0 rings (SSSR count). The van der Waals surface area contributed by atoms with Crippen molar-refractivity contribution in [3.8, 4) is 0 Å². The summed E-state index contributed by atoms with van der Waals surface area (Å²) in [6.45, 7) is 9.18. The molecule has 0 radical (unpaired) electrons. The van der Waals surface area contributed by atoms with Gasteiger partial charge < -0.3 is 14.8 Å². The number of rotatable bonds is 10. The van der Waals surface area contributed by atoms with Gasteiger partial charge in [0.05, 0.1) is 19.8 Å². The Morgan fingerprint density at radius 1 is 1.31 bits per heavy atom. The van der Waals surface area contributed by atoms with E-state index in [1.54, 1.807) is 0 Å². The summed E-state index contributed by atoms with van der Waals surface area (Å²) >= 11 is 0. The normalized spacial score (nSPS) is 10.8. The fourth-order valence-electron chi connectivity index (χ4n) is 1.04. The van der Waals surface area contributed by atoms with E-state index in [0.717, 1.165) is 19.4 Å². The molecule has 4 nitrogen and oxygen atoms in total. The predicted octanol–water partition coefficient (Wildman–Crippen LogP) is 1.59. The Kier molecular flexibility index (Phi) is 10.5. The summed E-state index contributed by atoms with van der Waals surface area (Å²) in [7, 11) is 0. The third kappa shape index (κ3) is 11.5. The quantitative estimate of drug-likeness (QED) is 0.458. The molecule has 0 aromatic carbocycles. The summed E-state index contributed by atoms with van der Waals surface area (Å²) < 4.78 is 10.3. The zero-order valence-corrected chi connectivity index (χ0v) is 10.8. The van der Waals surface area contributed by atoms with Crippen LogP contribution in [0.4, 0.5) is 0 Å². The minimum absolute atomic E-state index is 0.183. The number of carbonyl (C=O) groups is 1. The first-order valence-electron chi connectivity index (χ1n) is 6.10. The van der Waals surface area contributed by atoms with Gasteiger partial charge in [0.25, 0.3) is 0 Å². The highest BCUT2D eigenvalue weighted by Crippen LogP contribution is 1.91. The second kappa shape index (κ2) is 10.9. The Morgan fingerprint density at radius 2 is 2.06 bits per heavy atom. The maximum atomic E-state index is 11.1. The Morgan fingerprint density at radius 3 is 2.69 bits per heavy atom. The number of esters is 1. The van der Waals surface area contributed by atoms with Crippen LogP contribution in [0.2, 0.25) is 0 Å². The zero-order valence-electron chi connectivity index (χ0n) is 10.8. The van der Waals surface area contributed by atoms with Gasteiger partial charge in [-0.05, 0) is 12.3 Å². The fraction of sp³-hybridized carbons (Fsp3) is 0.917. The summed E-state index contributed by atoms with van der Waals surface area (Å²) in [5, 5.41) is 2.99. The van der Waals surface area contributed by atoms with Crippen molar-refractivity contribution in [1.82, 2.24) is 5.32 Å². The van der Waals surface area contributed by atoms with Crippen LogP contribution in [0.15, 0.2) is 0 Å². The molecular formula is C12H25NO3. The first-order chi connectivity index (χ1) is 7.66. The zero-order chi connectivity index (χ0) is 12.2. The van der Waals surface area contributed by atoms with Gasteiger partial charge in [0, 0.05) is 13.2 Å². The van der Waals surface area contributed by atoms with Crippen LogP contribution in [0.25, 0.3) is 0 Å². The standard InChI is InChI=1S/C12H25NO3/c1-4-5-7-16-12(14)9-13-6-8-15-10-11(2)3/h11,13H,4-10H2,1-3H3. The third-order valence-electron chi connectivity index (χ3n) is 1.90. The molecule has 0 bridgehead atoms. The average Bonchev–Trinajstić information content (AvgIpc) is 2.23. The summed E-state index contributed by atoms with van der Waals surface area (Å²) in [5.41, 5.74) is 0. The first-order valence-corrected chi connectivity index (χ1v) is 6.10. The molecule has 1 N–H and O–H groups in total. The molecule has 0 unspecified atom stereocenters. The van der Waals surface area contributed by atoms with Gasteiger partial charge in [0.2, 0.25) is 0 Å². The largest absolute Gasteiger partial charge is 0.465 e. The topological polar surface area (TPSA) is 47.6 Å². The summed E-state index contributed by atoms with van der Waals surface area (Å²) in [6.07, 6.45) is 1.98. The highest BCUT2D eigenvalue weighted by molar-refractivity contribution is 5.71. The Bertz CT molecular complexity index is 172. The predicted molar refractivity (Wildman–Crippen MR) is 64.4 cm³/mol. The van der Waals surface area contributed by atoms with E-state index >= 15 is 0 Å². The monoisotopic (exact) mass is 231 g/mol. The van der Waals surface area contributed by atoms with Gasteiger partial charge in [0.15, 0.2) is 0 Å². The van der Waals surface area contributed by atoms with Crippen molar-refractivity contribution < 1.29 is 14.3 Å². The number of hydrogen-bond acceptors (Lipinski definition) is 4. The van der Waals surface area contributed by atoms with Gasteiger partial charge in [-0.3, -0.25) is 4.79 Å². The second-order valence-corrected chi connectivity index (χ2v) is 4.22. The van der Waals surface area contributed by atoms with Crippen LogP contribution in [0.1, 0.15) is 33.6 Å². The smallest absolute Gasteiger partial charge is 0.319 e. The Labute approximate surface area is 98.7 Å². The maximum absolute atomic E-state index is 11.1. The van der Waals surface area contributed by atoms with Gasteiger partial charge in [-0.1, -0.05) is 27.2 Å². The van der Waals surface area contributed by atoms with Crippen LogP contribution in [-0.2, 0) is 14.3 Å². The van der Waals surface area contributed by atoms with Gasteiger partial charge in [-0.15, -0.1) is 0 Å². The number of unbranched alkanes of at least 4 members (excludes halogenated alkanes) is 1. The molecule has 0 aliphatic rings. The van der Waals surface area contributed by atoms with Crippen LogP contribution in [0, 0.1) is 5.92 Å². The molecule has 0 aliphatic carbocycles. The lowest BCUT2D eigenvalue weighted by molar-refractivity contribution is -0.142. The van der Waals surface area contributed by atoms with Gasteiger partial charge in [-0.2, -0.15) is 0 Å². The molecule has 0 aromatic heterocycles. The van der Waals surface area contributed by atoms with E-state index in [1.165, 1.54) is 0 Å². The Hall–Kier alpha value is -0.610. The lowest BCUT2D eigenvalue weighted by atomic mass is 10.2. The molecule has 0 saturated carbocycles. The van der Waals surface area contributed by atoms with Crippen molar-refractivity contribution in [3.05, 3.63) is 0 Å². The third-order valence-corrected chi connectivity index (χ3v) is 1.90. The molecule has 0 heterocycles. The summed E-state index contributed by atoms with van der Waals surface area (Å²) in [6, 6.07) is 0. The minimum atomic E-state index is -0.183. The number of nitrogens with one attached hydrogen (secondary N) is 1. The highest BCUT2D eigenvalue weighted by atomic mass is 16.5. The van der Waals surface area contributed by atoms with Crippen LogP contribution < -0.4 is 5.32 Å². The van der Waals surface area contributed by atoms with E-state index in [1.807, 2.05) is 0 Å². The molecule has 0 fully saturated rings. The molecular weight excluding hydrogens is 206 g/mol. The van der Waals surface area contributed by atoms with Crippen molar-refractivity contribution in [2.75, 3.05) is 32.9 Å². The van der Waals surface area contributed by atoms with E-state index in [-0.39, 0.29) is 12.5 Å². The van der Waals surface area contributed by atoms with Crippen molar-refractivity contribution in [2.24, 2.45) is 5.92 Å². The molecule has 0 saturated heterocycles. The van der Waals surface area contributed by atoms with E-state index < -0.39 is 0 Å². The SMILES string of the molecule is CCCCOC(=O)CNCCOCC(C)C. The van der Waals surface area contributed by atoms with Gasteiger partial charge >= 0.3 is 5.97 Å². The highest BCUT2D eigenvalue weighted by Gasteiger charge is 2.00. The maximum Gasteiger partial charge on any atom is 0.319 e. The number of carbonyl (C=O) groups excluding carboxylic acids is 1. The van der Waals surface area contributed by atoms with E-state index in [0.29, 0.717) is 25.7 Å². The van der Waals surface area contributed by atoms with E-state index in [2.05, 4.69) is 26.1 Å². The number of hydrogen-bond donors (Lipinski definition) is 1. The number of ether oxygens (including phenoxy) is 2. The summed E-state index contributed by atoms with van der Waals surface area (Å²) in [4.78, 5) is 11.1. The van der Waals surface area contributed by atoms with E-state index in [9.17, 15) is 4.79 Å². The van der Waals surface area contributed by atoms with Crippen LogP contribution in [-0.4, -0.2) is 38.9 Å². The molecule has 0 amide bonds. The molecule has 0 spiro atoms. The van der Waals surface area contributed by atoms with Crippen LogP contribution >= 0.6 is 0 Å².